The largest absolute Gasteiger partial charge is 0.418 e. The molecule has 3 aromatic carbocycles. The molecule has 1 amide bonds. The highest BCUT2D eigenvalue weighted by Crippen LogP contribution is 2.34. The van der Waals surface area contributed by atoms with Crippen LogP contribution in [0.15, 0.2) is 66.7 Å². The maximum absolute atomic E-state index is 13.0. The van der Waals surface area contributed by atoms with E-state index in [4.69, 9.17) is 0 Å². The summed E-state index contributed by atoms with van der Waals surface area (Å²) in [6.07, 6.45) is -4.52. The minimum absolute atomic E-state index is 0.101. The number of anilines is 1. The number of benzene rings is 3. The highest BCUT2D eigenvalue weighted by molar-refractivity contribution is 5.93. The van der Waals surface area contributed by atoms with Crippen molar-refractivity contribution >= 4 is 22.4 Å². The zero-order chi connectivity index (χ0) is 19.4. The van der Waals surface area contributed by atoms with Crippen LogP contribution in [-0.4, -0.2) is 12.5 Å². The lowest BCUT2D eigenvalue weighted by Gasteiger charge is -2.17. The van der Waals surface area contributed by atoms with E-state index in [0.717, 1.165) is 22.4 Å². The third kappa shape index (κ3) is 4.46. The Morgan fingerprint density at radius 3 is 2.41 bits per heavy atom. The van der Waals surface area contributed by atoms with Gasteiger partial charge in [0.2, 0.25) is 5.91 Å². The molecule has 3 rings (SSSR count). The average Bonchev–Trinajstić information content (AvgIpc) is 2.65. The molecular formula is C21H19F3N2O. The van der Waals surface area contributed by atoms with Gasteiger partial charge in [0.1, 0.15) is 0 Å². The fraction of sp³-hybridized carbons (Fsp3) is 0.190. The second kappa shape index (κ2) is 7.80. The van der Waals surface area contributed by atoms with Crippen LogP contribution in [-0.2, 0) is 11.0 Å². The quantitative estimate of drug-likeness (QED) is 0.650. The molecule has 0 spiro atoms. The maximum Gasteiger partial charge on any atom is 0.418 e. The Hall–Kier alpha value is -2.86. The van der Waals surface area contributed by atoms with Crippen LogP contribution in [0.25, 0.3) is 10.8 Å². The van der Waals surface area contributed by atoms with Gasteiger partial charge >= 0.3 is 6.18 Å². The number of carbonyl (C=O) groups is 1. The van der Waals surface area contributed by atoms with Crippen LogP contribution < -0.4 is 10.6 Å². The number of hydrogen-bond donors (Lipinski definition) is 2. The molecular weight excluding hydrogens is 353 g/mol. The van der Waals surface area contributed by atoms with Crippen LogP contribution >= 0.6 is 0 Å². The van der Waals surface area contributed by atoms with Gasteiger partial charge in [0, 0.05) is 6.04 Å². The lowest BCUT2D eigenvalue weighted by Crippen LogP contribution is -2.30. The number of alkyl halides is 3. The van der Waals surface area contributed by atoms with Crippen molar-refractivity contribution < 1.29 is 18.0 Å². The molecule has 0 bridgehead atoms. The van der Waals surface area contributed by atoms with Gasteiger partial charge in [-0.05, 0) is 35.4 Å². The summed E-state index contributed by atoms with van der Waals surface area (Å²) >= 11 is 0. The van der Waals surface area contributed by atoms with Crippen LogP contribution in [0.3, 0.4) is 0 Å². The van der Waals surface area contributed by atoms with Gasteiger partial charge < -0.3 is 10.6 Å². The predicted molar refractivity (Wildman–Crippen MR) is 100 cm³/mol. The van der Waals surface area contributed by atoms with Gasteiger partial charge in [0.05, 0.1) is 17.8 Å². The second-order valence-electron chi connectivity index (χ2n) is 6.26. The van der Waals surface area contributed by atoms with Crippen LogP contribution in [0, 0.1) is 0 Å². The Labute approximate surface area is 155 Å². The third-order valence-corrected chi connectivity index (χ3v) is 4.37. The molecule has 0 aromatic heterocycles. The van der Waals surface area contributed by atoms with E-state index in [-0.39, 0.29) is 18.3 Å². The van der Waals surface area contributed by atoms with E-state index >= 15 is 0 Å². The van der Waals surface area contributed by atoms with Gasteiger partial charge in [-0.15, -0.1) is 0 Å². The lowest BCUT2D eigenvalue weighted by atomic mass is 10.00. The molecule has 0 heterocycles. The molecule has 6 heteroatoms. The fourth-order valence-corrected chi connectivity index (χ4v) is 3.02. The summed E-state index contributed by atoms with van der Waals surface area (Å²) in [7, 11) is 0. The standard InChI is InChI=1S/C21H19F3N2O/c1-14(16-10-6-8-15-7-2-3-9-17(15)16)25-13-20(27)26-19-12-5-4-11-18(19)21(22,23)24/h2-12,14,25H,13H2,1H3,(H,26,27)/t14-/m1/s1. The molecule has 1 atom stereocenters. The van der Waals surface area contributed by atoms with Crippen LogP contribution in [0.2, 0.25) is 0 Å². The maximum atomic E-state index is 13.0. The van der Waals surface area contributed by atoms with E-state index in [0.29, 0.717) is 0 Å². The average molecular weight is 372 g/mol. The number of nitrogens with one attached hydrogen (secondary N) is 2. The molecule has 0 radical (unpaired) electrons. The van der Waals surface area contributed by atoms with Gasteiger partial charge in [-0.25, -0.2) is 0 Å². The first-order valence-electron chi connectivity index (χ1n) is 8.53. The van der Waals surface area contributed by atoms with Crippen molar-refractivity contribution in [2.45, 2.75) is 19.1 Å². The van der Waals surface area contributed by atoms with E-state index in [9.17, 15) is 18.0 Å². The van der Waals surface area contributed by atoms with Crippen LogP contribution in [0.5, 0.6) is 0 Å². The summed E-state index contributed by atoms with van der Waals surface area (Å²) in [5, 5.41) is 7.58. The van der Waals surface area contributed by atoms with Crippen molar-refractivity contribution in [2.75, 3.05) is 11.9 Å². The first-order chi connectivity index (χ1) is 12.9. The molecule has 0 saturated heterocycles. The van der Waals surface area contributed by atoms with Crippen molar-refractivity contribution in [2.24, 2.45) is 0 Å². The van der Waals surface area contributed by atoms with Gasteiger partial charge in [-0.3, -0.25) is 4.79 Å². The highest BCUT2D eigenvalue weighted by atomic mass is 19.4. The van der Waals surface area contributed by atoms with Gasteiger partial charge in [-0.2, -0.15) is 13.2 Å². The van der Waals surface area contributed by atoms with Crippen molar-refractivity contribution in [1.82, 2.24) is 5.32 Å². The minimum atomic E-state index is -4.52. The van der Waals surface area contributed by atoms with Crippen molar-refractivity contribution in [3.63, 3.8) is 0 Å². The van der Waals surface area contributed by atoms with Crippen molar-refractivity contribution in [1.29, 1.82) is 0 Å². The molecule has 2 N–H and O–H groups in total. The summed E-state index contributed by atoms with van der Waals surface area (Å²) in [4.78, 5) is 12.2. The number of para-hydroxylation sites is 1. The first kappa shape index (κ1) is 18.9. The number of hydrogen-bond acceptors (Lipinski definition) is 2. The molecule has 0 unspecified atom stereocenters. The zero-order valence-electron chi connectivity index (χ0n) is 14.7. The summed E-state index contributed by atoms with van der Waals surface area (Å²) in [5.41, 5.74) is -0.0772. The Morgan fingerprint density at radius 1 is 0.963 bits per heavy atom. The normalized spacial score (nSPS) is 12.7. The summed E-state index contributed by atoms with van der Waals surface area (Å²) in [5.74, 6) is -0.529. The van der Waals surface area contributed by atoms with Crippen molar-refractivity contribution in [3.05, 3.63) is 77.9 Å². The second-order valence-corrected chi connectivity index (χ2v) is 6.26. The molecule has 0 aliphatic heterocycles. The summed E-state index contributed by atoms with van der Waals surface area (Å²) in [6.45, 7) is 1.81. The Morgan fingerprint density at radius 2 is 1.63 bits per heavy atom. The van der Waals surface area contributed by atoms with E-state index in [1.165, 1.54) is 18.2 Å². The SMILES string of the molecule is C[C@@H](NCC(=O)Nc1ccccc1C(F)(F)F)c1cccc2ccccc12. The third-order valence-electron chi connectivity index (χ3n) is 4.37. The first-order valence-corrected chi connectivity index (χ1v) is 8.53. The number of rotatable bonds is 5. The molecule has 140 valence electrons. The Balaban J connectivity index is 1.68. The molecule has 0 saturated carbocycles. The van der Waals surface area contributed by atoms with Crippen LogP contribution in [0.4, 0.5) is 18.9 Å². The number of carbonyl (C=O) groups excluding carboxylic acids is 1. The van der Waals surface area contributed by atoms with Gasteiger partial charge in [-0.1, -0.05) is 54.6 Å². The predicted octanol–water partition coefficient (Wildman–Crippen LogP) is 5.15. The Kier molecular flexibility index (Phi) is 5.46. The molecule has 0 aliphatic rings. The Bertz CT molecular complexity index is 948. The van der Waals surface area contributed by atoms with E-state index in [1.54, 1.807) is 0 Å². The zero-order valence-corrected chi connectivity index (χ0v) is 14.7. The smallest absolute Gasteiger partial charge is 0.324 e. The van der Waals surface area contributed by atoms with Crippen LogP contribution in [0.1, 0.15) is 24.1 Å². The molecule has 0 aliphatic carbocycles. The van der Waals surface area contributed by atoms with E-state index in [2.05, 4.69) is 10.6 Å². The molecule has 3 nitrogen and oxygen atoms in total. The topological polar surface area (TPSA) is 41.1 Å². The number of fused-ring (bicyclic) bond motifs is 1. The highest BCUT2D eigenvalue weighted by Gasteiger charge is 2.33. The monoisotopic (exact) mass is 372 g/mol. The van der Waals surface area contributed by atoms with Gasteiger partial charge in [0.15, 0.2) is 0 Å². The van der Waals surface area contributed by atoms with E-state index < -0.39 is 17.6 Å². The van der Waals surface area contributed by atoms with E-state index in [1.807, 2.05) is 49.4 Å². The number of amides is 1. The number of halogens is 3. The van der Waals surface area contributed by atoms with Gasteiger partial charge in [0.25, 0.3) is 0 Å². The molecule has 27 heavy (non-hydrogen) atoms. The summed E-state index contributed by atoms with van der Waals surface area (Å²) in [6, 6.07) is 18.6. The lowest BCUT2D eigenvalue weighted by molar-refractivity contribution is -0.137. The minimum Gasteiger partial charge on any atom is -0.324 e. The molecule has 0 fully saturated rings. The summed E-state index contributed by atoms with van der Waals surface area (Å²) < 4.78 is 39.0. The van der Waals surface area contributed by atoms with Crippen molar-refractivity contribution in [3.8, 4) is 0 Å². The fourth-order valence-electron chi connectivity index (χ4n) is 3.02. The molecule has 3 aromatic rings.